The highest BCUT2D eigenvalue weighted by Crippen LogP contribution is 2.28. The number of nitrogens with one attached hydrogen (secondary N) is 1. The van der Waals surface area contributed by atoms with Gasteiger partial charge in [0.2, 0.25) is 0 Å². The maximum absolute atomic E-state index is 12.5. The first-order valence-corrected chi connectivity index (χ1v) is 9.80. The summed E-state index contributed by atoms with van der Waals surface area (Å²) in [6.07, 6.45) is 1.60. The van der Waals surface area contributed by atoms with Gasteiger partial charge in [-0.05, 0) is 50.2 Å². The van der Waals surface area contributed by atoms with Gasteiger partial charge in [0.05, 0.1) is 31.1 Å². The topological polar surface area (TPSA) is 64.8 Å². The predicted octanol–water partition coefficient (Wildman–Crippen LogP) is 5.18. The molecule has 0 radical (unpaired) electrons. The summed E-state index contributed by atoms with van der Waals surface area (Å²) in [6.45, 7) is 3.92. The van der Waals surface area contributed by atoms with Crippen molar-refractivity contribution < 1.29 is 14.3 Å². The third kappa shape index (κ3) is 4.61. The standard InChI is InChI=1S/C22H21Cl2N3O3/c1-13-7-16(14(2)27(13)21-6-5-17(23)10-20(21)24)12-25-26-22(28)15-8-18(29-3)11-19(9-15)30-4/h5-12H,1-4H3,(H,26,28)/b25-12-. The molecule has 0 saturated heterocycles. The highest BCUT2D eigenvalue weighted by molar-refractivity contribution is 6.35. The van der Waals surface area contributed by atoms with Gasteiger partial charge in [0, 0.05) is 33.6 Å². The Bertz CT molecular complexity index is 1100. The second-order valence-corrected chi connectivity index (χ2v) is 7.40. The Hall–Kier alpha value is -2.96. The Labute approximate surface area is 185 Å². The molecule has 1 heterocycles. The molecule has 0 atom stereocenters. The number of halogens is 2. The van der Waals surface area contributed by atoms with Crippen LogP contribution in [-0.2, 0) is 0 Å². The molecule has 1 amide bonds. The Morgan fingerprint density at radius 1 is 1.03 bits per heavy atom. The summed E-state index contributed by atoms with van der Waals surface area (Å²) in [4.78, 5) is 12.5. The van der Waals surface area contributed by atoms with E-state index in [1.165, 1.54) is 14.2 Å². The summed E-state index contributed by atoms with van der Waals surface area (Å²) < 4.78 is 12.4. The summed E-state index contributed by atoms with van der Waals surface area (Å²) in [5.74, 6) is 0.664. The smallest absolute Gasteiger partial charge is 0.271 e. The normalized spacial score (nSPS) is 11.0. The van der Waals surface area contributed by atoms with Crippen molar-refractivity contribution in [1.29, 1.82) is 0 Å². The number of aromatic nitrogens is 1. The number of aryl methyl sites for hydroxylation is 1. The first-order valence-electron chi connectivity index (χ1n) is 9.05. The van der Waals surface area contributed by atoms with Crippen LogP contribution in [0.5, 0.6) is 11.5 Å². The van der Waals surface area contributed by atoms with E-state index in [1.54, 1.807) is 36.5 Å². The van der Waals surface area contributed by atoms with Gasteiger partial charge in [-0.3, -0.25) is 4.79 Å². The lowest BCUT2D eigenvalue weighted by atomic mass is 10.2. The minimum atomic E-state index is -0.377. The molecule has 3 aromatic rings. The van der Waals surface area contributed by atoms with E-state index < -0.39 is 0 Å². The van der Waals surface area contributed by atoms with Crippen LogP contribution in [0.15, 0.2) is 47.6 Å². The van der Waals surface area contributed by atoms with Crippen molar-refractivity contribution in [1.82, 2.24) is 9.99 Å². The fourth-order valence-electron chi connectivity index (χ4n) is 3.12. The van der Waals surface area contributed by atoms with Crippen LogP contribution < -0.4 is 14.9 Å². The zero-order valence-corrected chi connectivity index (χ0v) is 18.5. The molecule has 0 unspecified atom stereocenters. The van der Waals surface area contributed by atoms with Gasteiger partial charge in [-0.25, -0.2) is 5.43 Å². The van der Waals surface area contributed by atoms with E-state index >= 15 is 0 Å². The van der Waals surface area contributed by atoms with Gasteiger partial charge in [-0.2, -0.15) is 5.10 Å². The third-order valence-corrected chi connectivity index (χ3v) is 5.14. The predicted molar refractivity (Wildman–Crippen MR) is 120 cm³/mol. The van der Waals surface area contributed by atoms with Crippen molar-refractivity contribution in [3.05, 3.63) is 75.0 Å². The molecule has 0 aliphatic rings. The number of nitrogens with zero attached hydrogens (tertiary/aromatic N) is 2. The van der Waals surface area contributed by atoms with Crippen LogP contribution in [0.25, 0.3) is 5.69 Å². The van der Waals surface area contributed by atoms with Crippen LogP contribution >= 0.6 is 23.2 Å². The van der Waals surface area contributed by atoms with Crippen molar-refractivity contribution in [2.24, 2.45) is 5.10 Å². The number of hydrazone groups is 1. The number of ether oxygens (including phenoxy) is 2. The fraction of sp³-hybridized carbons (Fsp3) is 0.182. The largest absolute Gasteiger partial charge is 0.497 e. The summed E-state index contributed by atoms with van der Waals surface area (Å²) in [7, 11) is 3.05. The minimum Gasteiger partial charge on any atom is -0.497 e. The molecule has 30 heavy (non-hydrogen) atoms. The number of carbonyl (C=O) groups excluding carboxylic acids is 1. The molecular formula is C22H21Cl2N3O3. The molecule has 2 aromatic carbocycles. The Morgan fingerprint density at radius 2 is 1.70 bits per heavy atom. The van der Waals surface area contributed by atoms with Crippen molar-refractivity contribution in [2.75, 3.05) is 14.2 Å². The van der Waals surface area contributed by atoms with E-state index in [0.29, 0.717) is 27.1 Å². The highest BCUT2D eigenvalue weighted by Gasteiger charge is 2.13. The first-order chi connectivity index (χ1) is 14.3. The molecule has 0 spiro atoms. The van der Waals surface area contributed by atoms with Gasteiger partial charge >= 0.3 is 0 Å². The van der Waals surface area contributed by atoms with Crippen molar-refractivity contribution in [2.45, 2.75) is 13.8 Å². The van der Waals surface area contributed by atoms with E-state index in [4.69, 9.17) is 32.7 Å². The average Bonchev–Trinajstić information content (AvgIpc) is 3.01. The molecule has 0 aliphatic heterocycles. The second kappa shape index (κ2) is 9.24. The Kier molecular flexibility index (Phi) is 6.70. The number of carbonyl (C=O) groups is 1. The molecule has 0 fully saturated rings. The number of amides is 1. The number of methoxy groups -OCH3 is 2. The molecule has 0 bridgehead atoms. The van der Waals surface area contributed by atoms with Crippen LogP contribution in [0.2, 0.25) is 10.0 Å². The van der Waals surface area contributed by atoms with Gasteiger partial charge in [0.1, 0.15) is 11.5 Å². The molecular weight excluding hydrogens is 425 g/mol. The van der Waals surface area contributed by atoms with Gasteiger partial charge in [-0.1, -0.05) is 23.2 Å². The van der Waals surface area contributed by atoms with E-state index in [9.17, 15) is 4.79 Å². The van der Waals surface area contributed by atoms with Crippen LogP contribution in [0.4, 0.5) is 0 Å². The molecule has 6 nitrogen and oxygen atoms in total. The summed E-state index contributed by atoms with van der Waals surface area (Å²) in [6, 6.07) is 12.2. The van der Waals surface area contributed by atoms with E-state index in [1.807, 2.05) is 30.5 Å². The lowest BCUT2D eigenvalue weighted by Crippen LogP contribution is -2.17. The maximum atomic E-state index is 12.5. The first kappa shape index (κ1) is 21.7. The number of rotatable bonds is 6. The molecule has 1 N–H and O–H groups in total. The van der Waals surface area contributed by atoms with E-state index in [0.717, 1.165) is 22.6 Å². The zero-order chi connectivity index (χ0) is 21.8. The van der Waals surface area contributed by atoms with Crippen LogP contribution in [0.3, 0.4) is 0 Å². The van der Waals surface area contributed by atoms with Crippen molar-refractivity contribution >= 4 is 35.3 Å². The van der Waals surface area contributed by atoms with E-state index in [2.05, 4.69) is 10.5 Å². The summed E-state index contributed by atoms with van der Waals surface area (Å²) >= 11 is 12.4. The molecule has 0 saturated carbocycles. The molecule has 156 valence electrons. The fourth-order valence-corrected chi connectivity index (χ4v) is 3.61. The van der Waals surface area contributed by atoms with Crippen LogP contribution in [0, 0.1) is 13.8 Å². The van der Waals surface area contributed by atoms with E-state index in [-0.39, 0.29) is 5.91 Å². The highest BCUT2D eigenvalue weighted by atomic mass is 35.5. The Balaban J connectivity index is 1.81. The SMILES string of the molecule is COc1cc(OC)cc(C(=O)N/N=C\c2cc(C)n(-c3ccc(Cl)cc3Cl)c2C)c1. The monoisotopic (exact) mass is 445 g/mol. The quantitative estimate of drug-likeness (QED) is 0.419. The van der Waals surface area contributed by atoms with Gasteiger partial charge in [0.15, 0.2) is 0 Å². The molecule has 8 heteroatoms. The number of benzene rings is 2. The van der Waals surface area contributed by atoms with Gasteiger partial charge in [-0.15, -0.1) is 0 Å². The third-order valence-electron chi connectivity index (χ3n) is 4.60. The average molecular weight is 446 g/mol. The minimum absolute atomic E-state index is 0.377. The van der Waals surface area contributed by atoms with Crippen LogP contribution in [-0.4, -0.2) is 30.9 Å². The lowest BCUT2D eigenvalue weighted by Gasteiger charge is -2.11. The maximum Gasteiger partial charge on any atom is 0.271 e. The lowest BCUT2D eigenvalue weighted by molar-refractivity contribution is 0.0954. The molecule has 0 aliphatic carbocycles. The molecule has 3 rings (SSSR count). The van der Waals surface area contributed by atoms with Crippen molar-refractivity contribution in [3.8, 4) is 17.2 Å². The zero-order valence-electron chi connectivity index (χ0n) is 17.0. The van der Waals surface area contributed by atoms with Crippen LogP contribution in [0.1, 0.15) is 27.3 Å². The number of hydrogen-bond donors (Lipinski definition) is 1. The van der Waals surface area contributed by atoms with Crippen molar-refractivity contribution in [3.63, 3.8) is 0 Å². The summed E-state index contributed by atoms with van der Waals surface area (Å²) in [5, 5.41) is 5.22. The van der Waals surface area contributed by atoms with Gasteiger partial charge in [0.25, 0.3) is 5.91 Å². The number of hydrogen-bond acceptors (Lipinski definition) is 4. The second-order valence-electron chi connectivity index (χ2n) is 6.56. The Morgan fingerprint density at radius 3 is 2.30 bits per heavy atom. The van der Waals surface area contributed by atoms with Gasteiger partial charge < -0.3 is 14.0 Å². The summed E-state index contributed by atoms with van der Waals surface area (Å²) in [5.41, 5.74) is 6.48. The molecule has 1 aromatic heterocycles.